The number of nitrogens with two attached hydrogens (primary N) is 1. The molecule has 0 heterocycles. The second-order valence-electron chi connectivity index (χ2n) is 5.00. The first kappa shape index (κ1) is 15.5. The van der Waals surface area contributed by atoms with Gasteiger partial charge in [-0.15, -0.1) is 0 Å². The molecule has 1 aromatic carbocycles. The fraction of sp³-hybridized carbons (Fsp3) is 0.533. The third kappa shape index (κ3) is 4.24. The number of nitrogens with one attached hydrogen (secondary N) is 1. The maximum Gasteiger partial charge on any atom is 0.220 e. The summed E-state index contributed by atoms with van der Waals surface area (Å²) in [5.41, 5.74) is 8.90. The topological polar surface area (TPSA) is 64.3 Å². The Morgan fingerprint density at radius 1 is 1.37 bits per heavy atom. The van der Waals surface area contributed by atoms with Crippen molar-refractivity contribution in [2.75, 3.05) is 13.7 Å². The summed E-state index contributed by atoms with van der Waals surface area (Å²) in [5.74, 6) is 1.15. The van der Waals surface area contributed by atoms with Crippen molar-refractivity contribution in [1.29, 1.82) is 0 Å². The lowest BCUT2D eigenvalue weighted by molar-refractivity contribution is -0.122. The minimum absolute atomic E-state index is 0.0471. The maximum atomic E-state index is 11.7. The van der Waals surface area contributed by atoms with Crippen LogP contribution < -0.4 is 15.8 Å². The number of hydrogen-bond donors (Lipinski definition) is 2. The molecule has 4 nitrogen and oxygen atoms in total. The molecule has 0 saturated carbocycles. The van der Waals surface area contributed by atoms with Crippen LogP contribution in [0.3, 0.4) is 0 Å². The molecule has 1 amide bonds. The molecule has 0 aliphatic carbocycles. The predicted molar refractivity (Wildman–Crippen MR) is 77.2 cm³/mol. The molecular formula is C15H24N2O2. The lowest BCUT2D eigenvalue weighted by Crippen LogP contribution is -2.27. The van der Waals surface area contributed by atoms with Crippen LogP contribution in [0.2, 0.25) is 0 Å². The Kier molecular flexibility index (Phi) is 5.83. The molecule has 0 radical (unpaired) electrons. The van der Waals surface area contributed by atoms with Gasteiger partial charge in [0.25, 0.3) is 0 Å². The average molecular weight is 264 g/mol. The van der Waals surface area contributed by atoms with Crippen molar-refractivity contribution in [2.24, 2.45) is 11.7 Å². The average Bonchev–Trinajstić information content (AvgIpc) is 2.40. The maximum absolute atomic E-state index is 11.7. The molecule has 4 heteroatoms. The summed E-state index contributed by atoms with van der Waals surface area (Å²) in [6.45, 7) is 7.13. The Morgan fingerprint density at radius 2 is 2.05 bits per heavy atom. The largest absolute Gasteiger partial charge is 0.496 e. The third-order valence-electron chi connectivity index (χ3n) is 3.48. The van der Waals surface area contributed by atoms with Crippen LogP contribution in [-0.2, 0) is 11.3 Å². The van der Waals surface area contributed by atoms with Crippen molar-refractivity contribution in [3.8, 4) is 5.75 Å². The number of rotatable bonds is 6. The molecule has 0 aliphatic heterocycles. The van der Waals surface area contributed by atoms with Gasteiger partial charge in [-0.25, -0.2) is 0 Å². The SMILES string of the molecule is COc1ccc(CNC(=O)CC(C)CN)c(C)c1C. The molecule has 1 rings (SSSR count). The zero-order valence-electron chi connectivity index (χ0n) is 12.2. The number of carbonyl (C=O) groups excluding carboxylic acids is 1. The van der Waals surface area contributed by atoms with Crippen LogP contribution in [0, 0.1) is 19.8 Å². The zero-order valence-corrected chi connectivity index (χ0v) is 12.2. The van der Waals surface area contributed by atoms with Gasteiger partial charge in [-0.05, 0) is 49.1 Å². The second-order valence-corrected chi connectivity index (χ2v) is 5.00. The first-order valence-electron chi connectivity index (χ1n) is 6.59. The first-order chi connectivity index (χ1) is 8.99. The number of carbonyl (C=O) groups is 1. The Balaban J connectivity index is 2.64. The molecule has 1 atom stereocenters. The van der Waals surface area contributed by atoms with Crippen LogP contribution in [0.4, 0.5) is 0 Å². The Bertz CT molecular complexity index is 444. The number of benzene rings is 1. The highest BCUT2D eigenvalue weighted by atomic mass is 16.5. The van der Waals surface area contributed by atoms with E-state index in [2.05, 4.69) is 5.32 Å². The number of methoxy groups -OCH3 is 1. The van der Waals surface area contributed by atoms with Gasteiger partial charge in [0.05, 0.1) is 7.11 Å². The molecule has 0 spiro atoms. The number of hydrogen-bond acceptors (Lipinski definition) is 3. The van der Waals surface area contributed by atoms with E-state index in [1.165, 1.54) is 0 Å². The summed E-state index contributed by atoms with van der Waals surface area (Å²) in [6, 6.07) is 3.93. The van der Waals surface area contributed by atoms with Crippen LogP contribution in [0.5, 0.6) is 5.75 Å². The molecule has 1 aromatic rings. The van der Waals surface area contributed by atoms with Gasteiger partial charge in [-0.1, -0.05) is 13.0 Å². The van der Waals surface area contributed by atoms with E-state index in [0.29, 0.717) is 19.5 Å². The second kappa shape index (κ2) is 7.14. The molecule has 0 saturated heterocycles. The standard InChI is InChI=1S/C15H24N2O2/c1-10(8-16)7-15(18)17-9-13-5-6-14(19-4)12(3)11(13)2/h5-6,10H,7-9,16H2,1-4H3,(H,17,18). The van der Waals surface area contributed by atoms with E-state index >= 15 is 0 Å². The molecule has 106 valence electrons. The van der Waals surface area contributed by atoms with E-state index in [1.54, 1.807) is 7.11 Å². The van der Waals surface area contributed by atoms with Gasteiger partial charge in [0, 0.05) is 13.0 Å². The third-order valence-corrected chi connectivity index (χ3v) is 3.48. The lowest BCUT2D eigenvalue weighted by atomic mass is 10.0. The van der Waals surface area contributed by atoms with E-state index in [0.717, 1.165) is 22.4 Å². The lowest BCUT2D eigenvalue weighted by Gasteiger charge is -2.14. The molecule has 0 fully saturated rings. The van der Waals surface area contributed by atoms with Gasteiger partial charge in [-0.3, -0.25) is 4.79 Å². The first-order valence-corrected chi connectivity index (χ1v) is 6.59. The van der Waals surface area contributed by atoms with E-state index < -0.39 is 0 Å². The summed E-state index contributed by atoms with van der Waals surface area (Å²) >= 11 is 0. The minimum Gasteiger partial charge on any atom is -0.496 e. The summed E-state index contributed by atoms with van der Waals surface area (Å²) in [5, 5.41) is 2.93. The van der Waals surface area contributed by atoms with Gasteiger partial charge in [0.2, 0.25) is 5.91 Å². The van der Waals surface area contributed by atoms with Crippen molar-refractivity contribution in [1.82, 2.24) is 5.32 Å². The van der Waals surface area contributed by atoms with Crippen molar-refractivity contribution in [3.05, 3.63) is 28.8 Å². The normalized spacial score (nSPS) is 12.1. The van der Waals surface area contributed by atoms with Gasteiger partial charge in [0.15, 0.2) is 0 Å². The number of amides is 1. The van der Waals surface area contributed by atoms with Gasteiger partial charge in [0.1, 0.15) is 5.75 Å². The summed E-state index contributed by atoms with van der Waals surface area (Å²) < 4.78 is 5.27. The Morgan fingerprint density at radius 3 is 2.63 bits per heavy atom. The zero-order chi connectivity index (χ0) is 14.4. The predicted octanol–water partition coefficient (Wildman–Crippen LogP) is 1.91. The smallest absolute Gasteiger partial charge is 0.220 e. The molecule has 0 aromatic heterocycles. The van der Waals surface area contributed by atoms with Crippen molar-refractivity contribution < 1.29 is 9.53 Å². The van der Waals surface area contributed by atoms with Crippen LogP contribution in [-0.4, -0.2) is 19.6 Å². The Labute approximate surface area is 115 Å². The monoisotopic (exact) mass is 264 g/mol. The molecule has 1 unspecified atom stereocenters. The van der Waals surface area contributed by atoms with Gasteiger partial charge >= 0.3 is 0 Å². The molecular weight excluding hydrogens is 240 g/mol. The molecule has 3 N–H and O–H groups in total. The van der Waals surface area contributed by atoms with Gasteiger partial charge < -0.3 is 15.8 Å². The number of ether oxygens (including phenoxy) is 1. The fourth-order valence-corrected chi connectivity index (χ4v) is 1.93. The van der Waals surface area contributed by atoms with Gasteiger partial charge in [-0.2, -0.15) is 0 Å². The van der Waals surface area contributed by atoms with E-state index in [-0.39, 0.29) is 11.8 Å². The summed E-state index contributed by atoms with van der Waals surface area (Å²) in [4.78, 5) is 11.7. The molecule has 0 aliphatic rings. The van der Waals surface area contributed by atoms with Crippen molar-refractivity contribution in [2.45, 2.75) is 33.7 Å². The quantitative estimate of drug-likeness (QED) is 0.825. The highest BCUT2D eigenvalue weighted by molar-refractivity contribution is 5.76. The van der Waals surface area contributed by atoms with Crippen LogP contribution in [0.15, 0.2) is 12.1 Å². The molecule has 0 bridgehead atoms. The van der Waals surface area contributed by atoms with Crippen LogP contribution in [0.1, 0.15) is 30.0 Å². The Hall–Kier alpha value is -1.55. The highest BCUT2D eigenvalue weighted by Crippen LogP contribution is 2.23. The van der Waals surface area contributed by atoms with E-state index in [9.17, 15) is 4.79 Å². The van der Waals surface area contributed by atoms with E-state index in [4.69, 9.17) is 10.5 Å². The van der Waals surface area contributed by atoms with Crippen LogP contribution in [0.25, 0.3) is 0 Å². The fourth-order valence-electron chi connectivity index (χ4n) is 1.93. The molecule has 19 heavy (non-hydrogen) atoms. The van der Waals surface area contributed by atoms with Crippen molar-refractivity contribution >= 4 is 5.91 Å². The van der Waals surface area contributed by atoms with Crippen LogP contribution >= 0.6 is 0 Å². The van der Waals surface area contributed by atoms with Crippen molar-refractivity contribution in [3.63, 3.8) is 0 Å². The highest BCUT2D eigenvalue weighted by Gasteiger charge is 2.10. The minimum atomic E-state index is 0.0471. The summed E-state index contributed by atoms with van der Waals surface area (Å²) in [6.07, 6.45) is 0.477. The van der Waals surface area contributed by atoms with E-state index in [1.807, 2.05) is 32.9 Å². The summed E-state index contributed by atoms with van der Waals surface area (Å²) in [7, 11) is 1.66.